The van der Waals surface area contributed by atoms with Crippen LogP contribution >= 0.6 is 27.5 Å². The van der Waals surface area contributed by atoms with Crippen LogP contribution in [-0.2, 0) is 6.42 Å². The van der Waals surface area contributed by atoms with Crippen molar-refractivity contribution in [2.75, 3.05) is 18.5 Å². The van der Waals surface area contributed by atoms with Gasteiger partial charge in [-0.15, -0.1) is 0 Å². The number of anilines is 1. The van der Waals surface area contributed by atoms with Crippen LogP contribution in [0.4, 0.5) is 5.82 Å². The Hall–Kier alpha value is -1.06. The van der Waals surface area contributed by atoms with Crippen LogP contribution in [0, 0.1) is 6.92 Å². The number of aryl methyl sites for hydroxylation is 1. The third-order valence-corrected chi connectivity index (χ3v) is 4.14. The third-order valence-electron chi connectivity index (χ3n) is 3.05. The molecule has 0 atom stereocenters. The van der Waals surface area contributed by atoms with E-state index in [-0.39, 0.29) is 0 Å². The molecule has 1 aromatic heterocycles. The average Bonchev–Trinajstić information content (AvgIpc) is 2.41. The Balaban J connectivity index is 1.98. The molecule has 0 aliphatic carbocycles. The zero-order valence-corrected chi connectivity index (χ0v) is 13.4. The van der Waals surface area contributed by atoms with Gasteiger partial charge in [0.2, 0.25) is 0 Å². The maximum Gasteiger partial charge on any atom is 0.128 e. The molecule has 4 heteroatoms. The molecule has 0 aliphatic rings. The van der Waals surface area contributed by atoms with E-state index < -0.39 is 0 Å². The lowest BCUT2D eigenvalue weighted by Gasteiger charge is -2.18. The van der Waals surface area contributed by atoms with Gasteiger partial charge in [-0.25, -0.2) is 4.98 Å². The van der Waals surface area contributed by atoms with E-state index in [0.717, 1.165) is 34.0 Å². The number of hydrogen-bond acceptors (Lipinski definition) is 2. The van der Waals surface area contributed by atoms with E-state index in [2.05, 4.69) is 45.0 Å². The second kappa shape index (κ2) is 6.40. The Morgan fingerprint density at radius 3 is 2.47 bits per heavy atom. The fraction of sp³-hybridized carbons (Fsp3) is 0.267. The molecule has 2 aromatic rings. The Labute approximate surface area is 127 Å². The topological polar surface area (TPSA) is 16.1 Å². The lowest BCUT2D eigenvalue weighted by molar-refractivity contribution is 0.855. The highest BCUT2D eigenvalue weighted by Crippen LogP contribution is 2.18. The predicted molar refractivity (Wildman–Crippen MR) is 85.1 cm³/mol. The van der Waals surface area contributed by atoms with Gasteiger partial charge in [0.1, 0.15) is 5.82 Å². The van der Waals surface area contributed by atoms with Crippen molar-refractivity contribution in [2.45, 2.75) is 13.3 Å². The largest absolute Gasteiger partial charge is 0.359 e. The van der Waals surface area contributed by atoms with Crippen LogP contribution in [-0.4, -0.2) is 18.6 Å². The number of rotatable bonds is 4. The summed E-state index contributed by atoms with van der Waals surface area (Å²) in [5, 5.41) is 0.780. The highest BCUT2D eigenvalue weighted by Gasteiger charge is 2.05. The van der Waals surface area contributed by atoms with E-state index in [1.807, 2.05) is 31.2 Å². The van der Waals surface area contributed by atoms with Crippen molar-refractivity contribution in [1.82, 2.24) is 4.98 Å². The smallest absolute Gasteiger partial charge is 0.128 e. The van der Waals surface area contributed by atoms with Crippen LogP contribution < -0.4 is 4.90 Å². The summed E-state index contributed by atoms with van der Waals surface area (Å²) in [6.07, 6.45) is 0.977. The monoisotopic (exact) mass is 338 g/mol. The zero-order chi connectivity index (χ0) is 13.8. The van der Waals surface area contributed by atoms with E-state index in [9.17, 15) is 0 Å². The highest BCUT2D eigenvalue weighted by atomic mass is 79.9. The van der Waals surface area contributed by atoms with Gasteiger partial charge in [0.25, 0.3) is 0 Å². The second-order valence-corrected chi connectivity index (χ2v) is 5.83. The molecule has 0 N–H and O–H groups in total. The van der Waals surface area contributed by atoms with Gasteiger partial charge < -0.3 is 4.90 Å². The van der Waals surface area contributed by atoms with Crippen molar-refractivity contribution >= 4 is 33.3 Å². The molecule has 1 aromatic carbocycles. The first kappa shape index (κ1) is 14.4. The second-order valence-electron chi connectivity index (χ2n) is 4.53. The summed E-state index contributed by atoms with van der Waals surface area (Å²) in [6.45, 7) is 2.93. The van der Waals surface area contributed by atoms with Crippen LogP contribution in [0.15, 0.2) is 40.9 Å². The van der Waals surface area contributed by atoms with Crippen LogP contribution in [0.1, 0.15) is 11.3 Å². The maximum atomic E-state index is 5.88. The van der Waals surface area contributed by atoms with Crippen molar-refractivity contribution in [3.63, 3.8) is 0 Å². The quantitative estimate of drug-likeness (QED) is 0.816. The number of nitrogens with zero attached hydrogens (tertiary/aromatic N) is 2. The van der Waals surface area contributed by atoms with Gasteiger partial charge >= 0.3 is 0 Å². The first-order chi connectivity index (χ1) is 9.06. The van der Waals surface area contributed by atoms with E-state index in [1.165, 1.54) is 5.56 Å². The van der Waals surface area contributed by atoms with Gasteiger partial charge in [-0.2, -0.15) is 0 Å². The number of halogens is 2. The van der Waals surface area contributed by atoms with E-state index in [1.54, 1.807) is 0 Å². The standard InChI is InChI=1S/C15H16BrClN2/c1-11-14(16)7-8-15(18-11)19(2)10-9-12-3-5-13(17)6-4-12/h3-8H,9-10H2,1-2H3. The normalized spacial score (nSPS) is 10.5. The summed E-state index contributed by atoms with van der Waals surface area (Å²) in [4.78, 5) is 6.72. The van der Waals surface area contributed by atoms with Gasteiger partial charge in [0, 0.05) is 23.1 Å². The van der Waals surface area contributed by atoms with Crippen molar-refractivity contribution in [3.05, 3.63) is 57.2 Å². The number of aromatic nitrogens is 1. The molecule has 0 saturated carbocycles. The summed E-state index contributed by atoms with van der Waals surface area (Å²) < 4.78 is 1.04. The summed E-state index contributed by atoms with van der Waals surface area (Å²) >= 11 is 9.35. The molecule has 100 valence electrons. The highest BCUT2D eigenvalue weighted by molar-refractivity contribution is 9.10. The van der Waals surface area contributed by atoms with E-state index in [4.69, 9.17) is 11.6 Å². The molecule has 0 fully saturated rings. The molecular weight excluding hydrogens is 324 g/mol. The van der Waals surface area contributed by atoms with Gasteiger partial charge in [0.15, 0.2) is 0 Å². The van der Waals surface area contributed by atoms with Crippen LogP contribution in [0.3, 0.4) is 0 Å². The Kier molecular flexibility index (Phi) is 4.83. The van der Waals surface area contributed by atoms with Gasteiger partial charge in [-0.3, -0.25) is 0 Å². The molecule has 0 spiro atoms. The minimum atomic E-state index is 0.780. The number of benzene rings is 1. The molecule has 0 amide bonds. The summed E-state index contributed by atoms with van der Waals surface area (Å²) in [7, 11) is 2.06. The fourth-order valence-electron chi connectivity index (χ4n) is 1.81. The molecule has 2 rings (SSSR count). The van der Waals surface area contributed by atoms with Crippen molar-refractivity contribution in [3.8, 4) is 0 Å². The van der Waals surface area contributed by atoms with Crippen LogP contribution in [0.2, 0.25) is 5.02 Å². The zero-order valence-electron chi connectivity index (χ0n) is 11.0. The average molecular weight is 340 g/mol. The minimum Gasteiger partial charge on any atom is -0.359 e. The van der Waals surface area contributed by atoms with Gasteiger partial charge in [0.05, 0.1) is 5.69 Å². The molecular formula is C15H16BrClN2. The number of pyridine rings is 1. The molecule has 19 heavy (non-hydrogen) atoms. The fourth-order valence-corrected chi connectivity index (χ4v) is 2.15. The third kappa shape index (κ3) is 3.95. The van der Waals surface area contributed by atoms with Crippen LogP contribution in [0.25, 0.3) is 0 Å². The molecule has 0 bridgehead atoms. The van der Waals surface area contributed by atoms with Gasteiger partial charge in [-0.05, 0) is 59.1 Å². The van der Waals surface area contributed by atoms with Crippen molar-refractivity contribution < 1.29 is 0 Å². The molecule has 0 radical (unpaired) electrons. The number of likely N-dealkylation sites (N-methyl/N-ethyl adjacent to an activating group) is 1. The lowest BCUT2D eigenvalue weighted by atomic mass is 10.1. The van der Waals surface area contributed by atoms with E-state index in [0.29, 0.717) is 0 Å². The predicted octanol–water partition coefficient (Wildman–Crippen LogP) is 4.48. The Morgan fingerprint density at radius 1 is 1.16 bits per heavy atom. The molecule has 2 nitrogen and oxygen atoms in total. The maximum absolute atomic E-state index is 5.88. The van der Waals surface area contributed by atoms with Crippen molar-refractivity contribution in [2.24, 2.45) is 0 Å². The Bertz CT molecular complexity index is 555. The first-order valence-electron chi connectivity index (χ1n) is 6.15. The summed E-state index contributed by atoms with van der Waals surface area (Å²) in [5.74, 6) is 0.995. The number of hydrogen-bond donors (Lipinski definition) is 0. The van der Waals surface area contributed by atoms with Crippen molar-refractivity contribution in [1.29, 1.82) is 0 Å². The SMILES string of the molecule is Cc1nc(N(C)CCc2ccc(Cl)cc2)ccc1Br. The van der Waals surface area contributed by atoms with Gasteiger partial charge in [-0.1, -0.05) is 23.7 Å². The molecule has 1 heterocycles. The summed E-state index contributed by atoms with van der Waals surface area (Å²) in [6, 6.07) is 12.1. The molecule has 0 aliphatic heterocycles. The lowest BCUT2D eigenvalue weighted by Crippen LogP contribution is -2.21. The molecule has 0 saturated heterocycles. The summed E-state index contributed by atoms with van der Waals surface area (Å²) in [5.41, 5.74) is 2.29. The minimum absolute atomic E-state index is 0.780. The van der Waals surface area contributed by atoms with Crippen LogP contribution in [0.5, 0.6) is 0 Å². The first-order valence-corrected chi connectivity index (χ1v) is 7.32. The Morgan fingerprint density at radius 2 is 1.84 bits per heavy atom. The van der Waals surface area contributed by atoms with E-state index >= 15 is 0 Å². The molecule has 0 unspecified atom stereocenters.